The van der Waals surface area contributed by atoms with Crippen LogP contribution in [0.3, 0.4) is 0 Å². The third kappa shape index (κ3) is 3.19. The average molecular weight is 240 g/mol. The fourth-order valence-corrected chi connectivity index (χ4v) is 2.69. The summed E-state index contributed by atoms with van der Waals surface area (Å²) in [5.41, 5.74) is -0.174. The molecular formula is C13H24N2O2. The van der Waals surface area contributed by atoms with E-state index in [9.17, 15) is 4.79 Å². The van der Waals surface area contributed by atoms with Crippen molar-refractivity contribution in [2.24, 2.45) is 5.41 Å². The Labute approximate surface area is 103 Å². The number of rotatable bonds is 2. The molecule has 2 saturated heterocycles. The maximum absolute atomic E-state index is 12.3. The van der Waals surface area contributed by atoms with Crippen molar-refractivity contribution in [3.8, 4) is 0 Å². The molecule has 2 unspecified atom stereocenters. The molecule has 0 saturated carbocycles. The van der Waals surface area contributed by atoms with Crippen molar-refractivity contribution in [3.05, 3.63) is 0 Å². The van der Waals surface area contributed by atoms with E-state index in [1.165, 1.54) is 0 Å². The number of carbonyl (C=O) groups is 1. The highest BCUT2D eigenvalue weighted by Gasteiger charge is 2.36. The smallest absolute Gasteiger partial charge is 0.226 e. The lowest BCUT2D eigenvalue weighted by molar-refractivity contribution is -0.133. The number of carbonyl (C=O) groups excluding carboxylic acids is 1. The van der Waals surface area contributed by atoms with Gasteiger partial charge in [-0.15, -0.1) is 0 Å². The summed E-state index contributed by atoms with van der Waals surface area (Å²) in [4.78, 5) is 12.3. The molecule has 2 aliphatic heterocycles. The van der Waals surface area contributed by atoms with Crippen LogP contribution in [-0.2, 0) is 9.53 Å². The van der Waals surface area contributed by atoms with Gasteiger partial charge < -0.3 is 15.4 Å². The molecule has 0 aliphatic carbocycles. The number of ether oxygens (including phenoxy) is 1. The van der Waals surface area contributed by atoms with Gasteiger partial charge in [0.05, 0.1) is 6.10 Å². The predicted octanol–water partition coefficient (Wildman–Crippen LogP) is 1.06. The van der Waals surface area contributed by atoms with Crippen molar-refractivity contribution in [2.75, 3.05) is 19.7 Å². The van der Waals surface area contributed by atoms with E-state index in [4.69, 9.17) is 4.74 Å². The Morgan fingerprint density at radius 1 is 1.41 bits per heavy atom. The number of piperidine rings is 1. The third-order valence-corrected chi connectivity index (χ3v) is 4.08. The van der Waals surface area contributed by atoms with Gasteiger partial charge in [0, 0.05) is 18.1 Å². The summed E-state index contributed by atoms with van der Waals surface area (Å²) in [7, 11) is 0. The Balaban J connectivity index is 1.87. The minimum atomic E-state index is -0.174. The van der Waals surface area contributed by atoms with Crippen molar-refractivity contribution in [1.82, 2.24) is 10.6 Å². The molecule has 98 valence electrons. The zero-order valence-electron chi connectivity index (χ0n) is 10.9. The van der Waals surface area contributed by atoms with E-state index in [-0.39, 0.29) is 17.4 Å². The predicted molar refractivity (Wildman–Crippen MR) is 66.8 cm³/mol. The number of nitrogens with one attached hydrogen (secondary N) is 2. The molecule has 0 aromatic carbocycles. The molecule has 2 aliphatic rings. The van der Waals surface area contributed by atoms with Crippen LogP contribution in [0.4, 0.5) is 0 Å². The van der Waals surface area contributed by atoms with Crippen molar-refractivity contribution in [1.29, 1.82) is 0 Å². The summed E-state index contributed by atoms with van der Waals surface area (Å²) >= 11 is 0. The van der Waals surface area contributed by atoms with Crippen LogP contribution in [0.15, 0.2) is 0 Å². The quantitative estimate of drug-likeness (QED) is 0.759. The molecule has 2 fully saturated rings. The van der Waals surface area contributed by atoms with E-state index in [0.29, 0.717) is 6.04 Å². The van der Waals surface area contributed by atoms with Gasteiger partial charge in [-0.25, -0.2) is 0 Å². The van der Waals surface area contributed by atoms with Crippen LogP contribution < -0.4 is 10.6 Å². The molecule has 0 radical (unpaired) electrons. The van der Waals surface area contributed by atoms with E-state index < -0.39 is 0 Å². The third-order valence-electron chi connectivity index (χ3n) is 4.08. The lowest BCUT2D eigenvalue weighted by Gasteiger charge is -2.36. The topological polar surface area (TPSA) is 50.4 Å². The minimum absolute atomic E-state index is 0.174. The first-order chi connectivity index (χ1) is 8.10. The highest BCUT2D eigenvalue weighted by Crippen LogP contribution is 2.28. The summed E-state index contributed by atoms with van der Waals surface area (Å²) in [5.74, 6) is 0.234. The summed E-state index contributed by atoms with van der Waals surface area (Å²) in [6.07, 6.45) is 4.05. The molecule has 2 heterocycles. The lowest BCUT2D eigenvalue weighted by Crippen LogP contribution is -2.50. The summed E-state index contributed by atoms with van der Waals surface area (Å²) in [5, 5.41) is 6.52. The molecular weight excluding hydrogens is 216 g/mol. The van der Waals surface area contributed by atoms with Crippen molar-refractivity contribution >= 4 is 5.91 Å². The monoisotopic (exact) mass is 240 g/mol. The second-order valence-corrected chi connectivity index (χ2v) is 5.69. The zero-order valence-corrected chi connectivity index (χ0v) is 10.9. The SMILES string of the molecule is CC1CC(NC(=O)C2(C)CCNCC2)CCO1. The Morgan fingerprint density at radius 2 is 2.12 bits per heavy atom. The van der Waals surface area contributed by atoms with Crippen LogP contribution in [0.5, 0.6) is 0 Å². The van der Waals surface area contributed by atoms with Crippen molar-refractivity contribution in [3.63, 3.8) is 0 Å². The number of hydrogen-bond acceptors (Lipinski definition) is 3. The summed E-state index contributed by atoms with van der Waals surface area (Å²) < 4.78 is 5.50. The van der Waals surface area contributed by atoms with E-state index in [1.54, 1.807) is 0 Å². The van der Waals surface area contributed by atoms with Crippen LogP contribution in [0.2, 0.25) is 0 Å². The maximum Gasteiger partial charge on any atom is 0.226 e. The highest BCUT2D eigenvalue weighted by atomic mass is 16.5. The second kappa shape index (κ2) is 5.36. The average Bonchev–Trinajstić information content (AvgIpc) is 2.30. The normalized spacial score (nSPS) is 33.1. The largest absolute Gasteiger partial charge is 0.378 e. The van der Waals surface area contributed by atoms with Gasteiger partial charge in [-0.1, -0.05) is 6.92 Å². The first-order valence-electron chi connectivity index (χ1n) is 6.73. The highest BCUT2D eigenvalue weighted by molar-refractivity contribution is 5.82. The van der Waals surface area contributed by atoms with Gasteiger partial charge in [-0.2, -0.15) is 0 Å². The number of amides is 1. The van der Waals surface area contributed by atoms with Gasteiger partial charge in [0.15, 0.2) is 0 Å². The van der Waals surface area contributed by atoms with Gasteiger partial charge in [-0.05, 0) is 45.7 Å². The van der Waals surface area contributed by atoms with Crippen LogP contribution in [0, 0.1) is 5.41 Å². The van der Waals surface area contributed by atoms with Gasteiger partial charge >= 0.3 is 0 Å². The molecule has 2 rings (SSSR count). The van der Waals surface area contributed by atoms with Gasteiger partial charge in [0.25, 0.3) is 0 Å². The summed E-state index contributed by atoms with van der Waals surface area (Å²) in [6, 6.07) is 0.304. The van der Waals surface area contributed by atoms with Gasteiger partial charge in [0.2, 0.25) is 5.91 Å². The van der Waals surface area contributed by atoms with Gasteiger partial charge in [0.1, 0.15) is 0 Å². The second-order valence-electron chi connectivity index (χ2n) is 5.69. The molecule has 2 atom stereocenters. The Morgan fingerprint density at radius 3 is 2.76 bits per heavy atom. The molecule has 0 spiro atoms. The van der Waals surface area contributed by atoms with Crippen LogP contribution >= 0.6 is 0 Å². The van der Waals surface area contributed by atoms with Gasteiger partial charge in [-0.3, -0.25) is 4.79 Å². The van der Waals surface area contributed by atoms with Crippen LogP contribution in [0.1, 0.15) is 39.5 Å². The molecule has 17 heavy (non-hydrogen) atoms. The number of hydrogen-bond donors (Lipinski definition) is 2. The molecule has 4 heteroatoms. The fraction of sp³-hybridized carbons (Fsp3) is 0.923. The first kappa shape index (κ1) is 12.8. The van der Waals surface area contributed by atoms with Crippen LogP contribution in [-0.4, -0.2) is 37.7 Å². The van der Waals surface area contributed by atoms with Crippen LogP contribution in [0.25, 0.3) is 0 Å². The van der Waals surface area contributed by atoms with Crippen molar-refractivity contribution < 1.29 is 9.53 Å². The molecule has 2 N–H and O–H groups in total. The molecule has 0 aromatic rings. The van der Waals surface area contributed by atoms with Crippen molar-refractivity contribution in [2.45, 2.75) is 51.7 Å². The Bertz CT molecular complexity index is 275. The van der Waals surface area contributed by atoms with E-state index >= 15 is 0 Å². The molecule has 1 amide bonds. The van der Waals surface area contributed by atoms with E-state index in [0.717, 1.165) is 45.4 Å². The molecule has 0 aromatic heterocycles. The summed E-state index contributed by atoms with van der Waals surface area (Å²) in [6.45, 7) is 6.84. The lowest BCUT2D eigenvalue weighted by atomic mass is 9.80. The maximum atomic E-state index is 12.3. The molecule has 0 bridgehead atoms. The van der Waals surface area contributed by atoms with E-state index in [2.05, 4.69) is 24.5 Å². The molecule has 4 nitrogen and oxygen atoms in total. The Hall–Kier alpha value is -0.610. The first-order valence-corrected chi connectivity index (χ1v) is 6.73. The van der Waals surface area contributed by atoms with E-state index in [1.807, 2.05) is 0 Å². The Kier molecular flexibility index (Phi) is 4.05. The standard InChI is InChI=1S/C13H24N2O2/c1-10-9-11(3-8-17-10)15-12(16)13(2)4-6-14-7-5-13/h10-11,14H,3-9H2,1-2H3,(H,15,16). The fourth-order valence-electron chi connectivity index (χ4n) is 2.69. The zero-order chi connectivity index (χ0) is 12.3. The minimum Gasteiger partial charge on any atom is -0.378 e.